The Morgan fingerprint density at radius 3 is 1.95 bits per heavy atom. The number of aliphatic carboxylic acids is 1. The molecule has 296 valence electrons. The number of hydrogen-bond donors (Lipinski definition) is 2. The van der Waals surface area contributed by atoms with Crippen LogP contribution in [0.1, 0.15) is 108 Å². The van der Waals surface area contributed by atoms with Gasteiger partial charge in [0.1, 0.15) is 0 Å². The van der Waals surface area contributed by atoms with Gasteiger partial charge in [0.05, 0.1) is 25.2 Å². The molecule has 0 bridgehead atoms. The predicted molar refractivity (Wildman–Crippen MR) is 219 cm³/mol. The maximum Gasteiger partial charge on any atom is 0.336 e. The molecule has 3 aromatic carbocycles. The minimum Gasteiger partial charge on any atom is -0.479 e. The van der Waals surface area contributed by atoms with Crippen LogP contribution in [0.5, 0.6) is 0 Å². The number of aryl methyl sites for hydroxylation is 1. The highest BCUT2D eigenvalue weighted by atomic mass is 32.1. The molecule has 0 aliphatic carbocycles. The summed E-state index contributed by atoms with van der Waals surface area (Å²) >= 11 is 5.84. The normalized spacial score (nSPS) is 19.4. The molecule has 2 fully saturated rings. The first-order chi connectivity index (χ1) is 26.6. The van der Waals surface area contributed by atoms with Gasteiger partial charge in [-0.1, -0.05) is 143 Å². The molecule has 3 aromatic rings. The van der Waals surface area contributed by atoms with E-state index in [0.29, 0.717) is 26.1 Å². The first-order valence-corrected chi connectivity index (χ1v) is 20.6. The van der Waals surface area contributed by atoms with Crippen LogP contribution >= 0.6 is 12.2 Å². The molecule has 3 atom stereocenters. The largest absolute Gasteiger partial charge is 0.479 e. The van der Waals surface area contributed by atoms with Crippen LogP contribution in [0.4, 0.5) is 0 Å². The van der Waals surface area contributed by atoms with Gasteiger partial charge in [0.2, 0.25) is 5.91 Å². The van der Waals surface area contributed by atoms with E-state index in [4.69, 9.17) is 26.4 Å². The molecule has 55 heavy (non-hydrogen) atoms. The fraction of sp³-hybridized carbons (Fsp3) is 0.500. The van der Waals surface area contributed by atoms with Gasteiger partial charge >= 0.3 is 5.97 Å². The Balaban J connectivity index is 1.25. The predicted octanol–water partition coefficient (Wildman–Crippen LogP) is 9.38. The van der Waals surface area contributed by atoms with Crippen molar-refractivity contribution in [3.8, 4) is 0 Å². The maximum atomic E-state index is 14.8. The van der Waals surface area contributed by atoms with Crippen molar-refractivity contribution in [2.45, 2.75) is 121 Å². The summed E-state index contributed by atoms with van der Waals surface area (Å²) in [5.41, 5.74) is -0.465. The molecule has 0 unspecified atom stereocenters. The van der Waals surface area contributed by atoms with Gasteiger partial charge in [0.25, 0.3) is 5.17 Å². The summed E-state index contributed by atoms with van der Waals surface area (Å²) in [5, 5.41) is 22.2. The van der Waals surface area contributed by atoms with E-state index >= 15 is 0 Å². The number of aliphatic hydroxyl groups is 1. The Labute approximate surface area is 332 Å². The topological polar surface area (TPSA) is 106 Å². The highest BCUT2D eigenvalue weighted by molar-refractivity contribution is 7.80. The van der Waals surface area contributed by atoms with Gasteiger partial charge in [-0.05, 0) is 68.6 Å². The van der Waals surface area contributed by atoms with Gasteiger partial charge in [0.15, 0.2) is 17.0 Å². The van der Waals surface area contributed by atoms with E-state index < -0.39 is 40.8 Å². The molecule has 0 aromatic heterocycles. The lowest BCUT2D eigenvalue weighted by atomic mass is 9.75. The third-order valence-electron chi connectivity index (χ3n) is 11.1. The van der Waals surface area contributed by atoms with E-state index in [1.807, 2.05) is 86.7 Å². The molecular formula is C46H59NO7S. The number of carbonyl (C=O) groups excluding carboxylic acids is 1. The lowest BCUT2D eigenvalue weighted by Crippen LogP contribution is -2.56. The van der Waals surface area contributed by atoms with E-state index in [-0.39, 0.29) is 17.5 Å². The maximum absolute atomic E-state index is 14.8. The number of nitrogens with zero attached hydrogens (tertiary/aromatic N) is 1. The Hall–Kier alpha value is -3.89. The van der Waals surface area contributed by atoms with Gasteiger partial charge in [-0.15, -0.1) is 0 Å². The van der Waals surface area contributed by atoms with Crippen LogP contribution in [0.3, 0.4) is 0 Å². The summed E-state index contributed by atoms with van der Waals surface area (Å²) in [4.78, 5) is 29.1. The Morgan fingerprint density at radius 2 is 1.40 bits per heavy atom. The number of rotatable bonds is 21. The van der Waals surface area contributed by atoms with Crippen molar-refractivity contribution in [3.05, 3.63) is 120 Å². The molecule has 0 saturated carbocycles. The van der Waals surface area contributed by atoms with Crippen molar-refractivity contribution < 1.29 is 34.0 Å². The summed E-state index contributed by atoms with van der Waals surface area (Å²) in [6, 6.07) is 29.3. The van der Waals surface area contributed by atoms with E-state index in [1.54, 1.807) is 13.0 Å². The molecular weight excluding hydrogens is 711 g/mol. The van der Waals surface area contributed by atoms with Crippen LogP contribution in [-0.2, 0) is 35.8 Å². The standard InChI is InChI=1S/C46H59NO7S/c1-4-30-45(51,42(49)50)39(29-18-7-5-6-8-20-31-44(52-33-34-53-44)32-21-19-24-36-22-12-9-13-23-36)41(48)47-40(35(2)3)46(54-43(47)55,37-25-14-10-15-26-37)38-27-16-11-17-28-38/h9-18,22-23,25-29,35,39-40,51H,4-8,19-21,24,30-34H2,1-3H3,(H,49,50)/t39-,40+,45+/m1/s1. The average Bonchev–Trinajstić information content (AvgIpc) is 3.79. The number of thiocarbonyl (C=S) groups is 1. The molecule has 5 rings (SSSR count). The lowest BCUT2D eigenvalue weighted by Gasteiger charge is -2.39. The zero-order valence-electron chi connectivity index (χ0n) is 32.7. The van der Waals surface area contributed by atoms with Crippen LogP contribution < -0.4 is 0 Å². The second-order valence-electron chi connectivity index (χ2n) is 15.4. The van der Waals surface area contributed by atoms with Crippen molar-refractivity contribution in [2.75, 3.05) is 13.2 Å². The van der Waals surface area contributed by atoms with Crippen molar-refractivity contribution in [3.63, 3.8) is 0 Å². The lowest BCUT2D eigenvalue weighted by molar-refractivity contribution is -0.169. The van der Waals surface area contributed by atoms with Crippen LogP contribution in [0.2, 0.25) is 0 Å². The molecule has 8 nitrogen and oxygen atoms in total. The summed E-state index contributed by atoms with van der Waals surface area (Å²) in [6.07, 6.45) is 13.1. The number of amides is 1. The van der Waals surface area contributed by atoms with Crippen LogP contribution in [0.25, 0.3) is 0 Å². The minimum atomic E-state index is -2.33. The molecule has 2 heterocycles. The average molecular weight is 770 g/mol. The first kappa shape index (κ1) is 42.3. The highest BCUT2D eigenvalue weighted by Gasteiger charge is 2.60. The zero-order valence-corrected chi connectivity index (χ0v) is 33.6. The molecule has 0 spiro atoms. The Kier molecular flexibility index (Phi) is 15.2. The van der Waals surface area contributed by atoms with Gasteiger partial charge < -0.3 is 24.4 Å². The van der Waals surface area contributed by atoms with E-state index in [9.17, 15) is 19.8 Å². The molecule has 2 saturated heterocycles. The summed E-state index contributed by atoms with van der Waals surface area (Å²) in [5.74, 6) is -4.05. The van der Waals surface area contributed by atoms with Gasteiger partial charge in [-0.3, -0.25) is 9.69 Å². The van der Waals surface area contributed by atoms with E-state index in [0.717, 1.165) is 68.9 Å². The molecule has 9 heteroatoms. The highest BCUT2D eigenvalue weighted by Crippen LogP contribution is 2.48. The smallest absolute Gasteiger partial charge is 0.336 e. The van der Waals surface area contributed by atoms with Crippen LogP contribution in [0, 0.1) is 11.8 Å². The fourth-order valence-corrected chi connectivity index (χ4v) is 8.76. The number of carboxylic acid groups (broad SMARTS) is 1. The van der Waals surface area contributed by atoms with Crippen molar-refractivity contribution in [1.82, 2.24) is 4.90 Å². The SMILES string of the molecule is CCC[C@@](O)(C(=O)O)[C@H](C=CCCCCCCC1(CCCCc2ccccc2)OCCO1)C(=O)N1C(=S)OC(c2ccccc2)(c2ccccc2)[C@@H]1C(C)C. The summed E-state index contributed by atoms with van der Waals surface area (Å²) in [6.45, 7) is 7.07. The quantitative estimate of drug-likeness (QED) is 0.0628. The van der Waals surface area contributed by atoms with Crippen molar-refractivity contribution >= 4 is 29.3 Å². The number of carboxylic acids is 1. The molecule has 2 aliphatic rings. The van der Waals surface area contributed by atoms with E-state index in [2.05, 4.69) is 24.3 Å². The number of benzene rings is 3. The van der Waals surface area contributed by atoms with Crippen molar-refractivity contribution in [2.24, 2.45) is 11.8 Å². The van der Waals surface area contributed by atoms with Gasteiger partial charge in [-0.2, -0.15) is 0 Å². The minimum absolute atomic E-state index is 0.0387. The third kappa shape index (κ3) is 9.92. The van der Waals surface area contributed by atoms with Crippen LogP contribution in [-0.4, -0.2) is 62.8 Å². The van der Waals surface area contributed by atoms with Gasteiger partial charge in [0, 0.05) is 24.0 Å². The molecule has 2 N–H and O–H groups in total. The second kappa shape index (κ2) is 19.8. The number of hydrogen-bond acceptors (Lipinski definition) is 7. The molecule has 1 amide bonds. The number of ether oxygens (including phenoxy) is 3. The summed E-state index contributed by atoms with van der Waals surface area (Å²) < 4.78 is 18.9. The van der Waals surface area contributed by atoms with Crippen molar-refractivity contribution in [1.29, 1.82) is 0 Å². The summed E-state index contributed by atoms with van der Waals surface area (Å²) in [7, 11) is 0. The molecule has 0 radical (unpaired) electrons. The fourth-order valence-electron chi connectivity index (χ4n) is 8.43. The number of allylic oxidation sites excluding steroid dienone is 1. The molecule has 2 aliphatic heterocycles. The van der Waals surface area contributed by atoms with Crippen LogP contribution in [0.15, 0.2) is 103 Å². The first-order valence-electron chi connectivity index (χ1n) is 20.2. The Morgan fingerprint density at radius 1 is 0.855 bits per heavy atom. The zero-order chi connectivity index (χ0) is 39.3. The van der Waals surface area contributed by atoms with E-state index in [1.165, 1.54) is 10.5 Å². The monoisotopic (exact) mass is 769 g/mol. The third-order valence-corrected chi connectivity index (χ3v) is 11.4. The number of unbranched alkanes of at least 4 members (excludes halogenated alkanes) is 5. The number of carbonyl (C=O) groups is 2. The van der Waals surface area contributed by atoms with Gasteiger partial charge in [-0.25, -0.2) is 4.79 Å². The Bertz CT molecular complexity index is 1650. The second-order valence-corrected chi connectivity index (χ2v) is 15.7.